The van der Waals surface area contributed by atoms with E-state index in [2.05, 4.69) is 21.2 Å². The van der Waals surface area contributed by atoms with Gasteiger partial charge >= 0.3 is 5.97 Å². The number of aliphatic carboxylic acids is 1. The summed E-state index contributed by atoms with van der Waals surface area (Å²) in [7, 11) is 0. The van der Waals surface area contributed by atoms with Crippen LogP contribution in [0.1, 0.15) is 17.3 Å². The van der Waals surface area contributed by atoms with Crippen molar-refractivity contribution < 1.29 is 14.7 Å². The van der Waals surface area contributed by atoms with Gasteiger partial charge in [-0.2, -0.15) is 0 Å². The van der Waals surface area contributed by atoms with Gasteiger partial charge in [0.2, 0.25) is 0 Å². The van der Waals surface area contributed by atoms with Crippen LogP contribution < -0.4 is 5.32 Å². The Labute approximate surface area is 115 Å². The van der Waals surface area contributed by atoms with E-state index in [0.717, 1.165) is 8.04 Å². The Bertz CT molecular complexity index is 436. The Morgan fingerprint density at radius 3 is 2.69 bits per heavy atom. The maximum atomic E-state index is 11.7. The topological polar surface area (TPSA) is 66.4 Å². The highest BCUT2D eigenvalue weighted by Gasteiger charge is 2.17. The highest BCUT2D eigenvalue weighted by molar-refractivity contribution is 14.1. The number of benzene rings is 1. The summed E-state index contributed by atoms with van der Waals surface area (Å²) in [5.41, 5.74) is 0.461. The number of rotatable bonds is 3. The molecule has 0 aliphatic carbocycles. The van der Waals surface area contributed by atoms with Crippen molar-refractivity contribution in [3.05, 3.63) is 31.8 Å². The van der Waals surface area contributed by atoms with Crippen LogP contribution in [-0.4, -0.2) is 23.0 Å². The van der Waals surface area contributed by atoms with Crippen molar-refractivity contribution in [1.29, 1.82) is 0 Å². The average molecular weight is 398 g/mol. The highest BCUT2D eigenvalue weighted by atomic mass is 127. The zero-order valence-electron chi connectivity index (χ0n) is 8.33. The monoisotopic (exact) mass is 397 g/mol. The van der Waals surface area contributed by atoms with Gasteiger partial charge in [-0.3, -0.25) is 9.59 Å². The van der Waals surface area contributed by atoms with E-state index in [1.807, 2.05) is 28.7 Å². The Morgan fingerprint density at radius 1 is 1.50 bits per heavy atom. The Hall–Kier alpha value is -0.630. The smallest absolute Gasteiger partial charge is 0.325 e. The second-order valence-electron chi connectivity index (χ2n) is 3.16. The van der Waals surface area contributed by atoms with E-state index in [9.17, 15) is 9.59 Å². The van der Waals surface area contributed by atoms with Crippen LogP contribution in [0.2, 0.25) is 0 Å². The van der Waals surface area contributed by atoms with E-state index >= 15 is 0 Å². The predicted molar refractivity (Wildman–Crippen MR) is 71.4 cm³/mol. The summed E-state index contributed by atoms with van der Waals surface area (Å²) in [5.74, 6) is -1.45. The van der Waals surface area contributed by atoms with Gasteiger partial charge in [-0.15, -0.1) is 0 Å². The van der Waals surface area contributed by atoms with Crippen molar-refractivity contribution >= 4 is 50.4 Å². The van der Waals surface area contributed by atoms with Crippen LogP contribution in [0.25, 0.3) is 0 Å². The van der Waals surface area contributed by atoms with Crippen molar-refractivity contribution in [3.8, 4) is 0 Å². The van der Waals surface area contributed by atoms with E-state index in [4.69, 9.17) is 5.11 Å². The van der Waals surface area contributed by atoms with Crippen LogP contribution in [0.15, 0.2) is 22.7 Å². The van der Waals surface area contributed by atoms with Gasteiger partial charge in [0.15, 0.2) is 0 Å². The minimum Gasteiger partial charge on any atom is -0.480 e. The molecule has 0 fully saturated rings. The summed E-state index contributed by atoms with van der Waals surface area (Å²) >= 11 is 5.29. The summed E-state index contributed by atoms with van der Waals surface area (Å²) < 4.78 is 1.55. The molecular weight excluding hydrogens is 389 g/mol. The van der Waals surface area contributed by atoms with Gasteiger partial charge < -0.3 is 10.4 Å². The van der Waals surface area contributed by atoms with Crippen molar-refractivity contribution in [3.63, 3.8) is 0 Å². The van der Waals surface area contributed by atoms with E-state index in [0.29, 0.717) is 5.56 Å². The van der Waals surface area contributed by atoms with E-state index in [1.54, 1.807) is 12.1 Å². The fraction of sp³-hybridized carbons (Fsp3) is 0.200. The van der Waals surface area contributed by atoms with Gasteiger partial charge in [0, 0.05) is 8.04 Å². The maximum Gasteiger partial charge on any atom is 0.325 e. The summed E-state index contributed by atoms with van der Waals surface area (Å²) in [6.45, 7) is 1.42. The first-order valence-electron chi connectivity index (χ1n) is 4.40. The Kier molecular flexibility index (Phi) is 4.72. The first-order valence-corrected chi connectivity index (χ1v) is 6.27. The van der Waals surface area contributed by atoms with Crippen LogP contribution in [0.5, 0.6) is 0 Å². The molecule has 1 atom stereocenters. The van der Waals surface area contributed by atoms with Crippen LogP contribution in [-0.2, 0) is 4.79 Å². The molecule has 0 heterocycles. The number of amides is 1. The third-order valence-electron chi connectivity index (χ3n) is 1.89. The van der Waals surface area contributed by atoms with Crippen molar-refractivity contribution in [2.45, 2.75) is 13.0 Å². The summed E-state index contributed by atoms with van der Waals surface area (Å²) in [6, 6.07) is 4.36. The molecule has 0 bridgehead atoms. The molecule has 6 heteroatoms. The van der Waals surface area contributed by atoms with Crippen molar-refractivity contribution in [1.82, 2.24) is 5.32 Å². The fourth-order valence-electron chi connectivity index (χ4n) is 1.01. The van der Waals surface area contributed by atoms with Crippen molar-refractivity contribution in [2.24, 2.45) is 0 Å². The molecule has 2 N–H and O–H groups in total. The number of nitrogens with one attached hydrogen (secondary N) is 1. The molecule has 0 saturated heterocycles. The van der Waals surface area contributed by atoms with Crippen LogP contribution in [0.4, 0.5) is 0 Å². The number of hydrogen-bond acceptors (Lipinski definition) is 2. The molecule has 0 radical (unpaired) electrons. The number of carbonyl (C=O) groups is 2. The third kappa shape index (κ3) is 3.44. The number of halogens is 2. The second kappa shape index (κ2) is 5.62. The molecule has 16 heavy (non-hydrogen) atoms. The van der Waals surface area contributed by atoms with Gasteiger partial charge in [0.1, 0.15) is 6.04 Å². The lowest BCUT2D eigenvalue weighted by molar-refractivity contribution is -0.138. The summed E-state index contributed by atoms with van der Waals surface area (Å²) in [4.78, 5) is 22.3. The summed E-state index contributed by atoms with van der Waals surface area (Å²) in [5, 5.41) is 11.1. The molecule has 4 nitrogen and oxygen atoms in total. The van der Waals surface area contributed by atoms with Crippen LogP contribution in [0.3, 0.4) is 0 Å². The maximum absolute atomic E-state index is 11.7. The zero-order valence-corrected chi connectivity index (χ0v) is 12.1. The third-order valence-corrected chi connectivity index (χ3v) is 3.32. The molecular formula is C10H9BrINO3. The van der Waals surface area contributed by atoms with Gasteiger partial charge in [0.25, 0.3) is 5.91 Å². The van der Waals surface area contributed by atoms with Crippen molar-refractivity contribution in [2.75, 3.05) is 0 Å². The molecule has 86 valence electrons. The molecule has 1 aromatic rings. The Morgan fingerprint density at radius 2 is 2.12 bits per heavy atom. The number of carboxylic acid groups (broad SMARTS) is 1. The first kappa shape index (κ1) is 13.4. The van der Waals surface area contributed by atoms with E-state index < -0.39 is 12.0 Å². The quantitative estimate of drug-likeness (QED) is 0.769. The lowest BCUT2D eigenvalue weighted by atomic mass is 10.2. The highest BCUT2D eigenvalue weighted by Crippen LogP contribution is 2.18. The molecule has 1 amide bonds. The SMILES string of the molecule is C[C@@H](NC(=O)c1cc(Br)ccc1I)C(=O)O. The van der Waals surface area contributed by atoms with Gasteiger partial charge in [0.05, 0.1) is 5.56 Å². The minimum atomic E-state index is -1.06. The molecule has 0 spiro atoms. The second-order valence-corrected chi connectivity index (χ2v) is 5.24. The molecule has 0 aliphatic rings. The van der Waals surface area contributed by atoms with Gasteiger partial charge in [-0.05, 0) is 47.7 Å². The van der Waals surface area contributed by atoms with Crippen LogP contribution in [0, 0.1) is 3.57 Å². The molecule has 0 aliphatic heterocycles. The molecule has 0 aromatic heterocycles. The minimum absolute atomic E-state index is 0.388. The first-order chi connectivity index (χ1) is 7.41. The van der Waals surface area contributed by atoms with Gasteiger partial charge in [-0.1, -0.05) is 15.9 Å². The lowest BCUT2D eigenvalue weighted by Crippen LogP contribution is -2.38. The largest absolute Gasteiger partial charge is 0.480 e. The van der Waals surface area contributed by atoms with Crippen LogP contribution >= 0.6 is 38.5 Å². The van der Waals surface area contributed by atoms with Gasteiger partial charge in [-0.25, -0.2) is 0 Å². The number of hydrogen-bond donors (Lipinski definition) is 2. The standard InChI is InChI=1S/C10H9BrINO3/c1-5(10(15)16)13-9(14)7-4-6(11)2-3-8(7)12/h2-5H,1H3,(H,13,14)(H,15,16)/t5-/m1/s1. The molecule has 0 unspecified atom stereocenters. The Balaban J connectivity index is 2.88. The fourth-order valence-corrected chi connectivity index (χ4v) is 1.95. The lowest BCUT2D eigenvalue weighted by Gasteiger charge is -2.10. The molecule has 1 aromatic carbocycles. The number of carboxylic acids is 1. The van der Waals surface area contributed by atoms with E-state index in [-0.39, 0.29) is 5.91 Å². The number of carbonyl (C=O) groups excluding carboxylic acids is 1. The zero-order chi connectivity index (χ0) is 12.3. The molecule has 1 rings (SSSR count). The average Bonchev–Trinajstić information content (AvgIpc) is 2.21. The van der Waals surface area contributed by atoms with E-state index in [1.165, 1.54) is 6.92 Å². The normalized spacial score (nSPS) is 11.9. The summed E-state index contributed by atoms with van der Waals surface area (Å²) in [6.07, 6.45) is 0. The predicted octanol–water partition coefficient (Wildman–Crippen LogP) is 2.26. The molecule has 0 saturated carbocycles.